The number of rotatable bonds is 2. The molecule has 0 aromatic heterocycles. The van der Waals surface area contributed by atoms with Gasteiger partial charge in [-0.2, -0.15) is 0 Å². The van der Waals surface area contributed by atoms with E-state index < -0.39 is 0 Å². The van der Waals surface area contributed by atoms with Gasteiger partial charge in [-0.05, 0) is 12.5 Å². The van der Waals surface area contributed by atoms with Crippen molar-refractivity contribution in [2.24, 2.45) is 10.9 Å². The molecular weight excluding hydrogens is 162 g/mol. The minimum atomic E-state index is 0.578. The zero-order valence-corrected chi connectivity index (χ0v) is 9.21. The van der Waals surface area contributed by atoms with Crippen molar-refractivity contribution in [3.8, 4) is 0 Å². The molecule has 0 N–H and O–H groups in total. The summed E-state index contributed by atoms with van der Waals surface area (Å²) in [6, 6.07) is 0. The Bertz CT molecular complexity index is 173. The smallest absolute Gasteiger partial charge is 0.208 e. The number of hydrogen-bond acceptors (Lipinski definition) is 2. The molecule has 13 heavy (non-hydrogen) atoms. The molecule has 1 unspecified atom stereocenters. The summed E-state index contributed by atoms with van der Waals surface area (Å²) in [6.45, 7) is 9.96. The van der Waals surface area contributed by atoms with Gasteiger partial charge in [-0.1, -0.05) is 33.8 Å². The highest BCUT2D eigenvalue weighted by atomic mass is 16.5. The maximum atomic E-state index is 5.36. The molecule has 0 radical (unpaired) electrons. The standard InChI is InChI=1S/C9H15NO.C2H6/c1-3-4-5-9-10-6-8(2)7-11-9;1-2/h4-5,8H,3,6-7H2,1-2H3;1-2H3/b5-4+;. The second-order valence-electron chi connectivity index (χ2n) is 2.91. The molecule has 1 atom stereocenters. The first-order valence-electron chi connectivity index (χ1n) is 5.16. The fourth-order valence-electron chi connectivity index (χ4n) is 0.891. The summed E-state index contributed by atoms with van der Waals surface area (Å²) in [7, 11) is 0. The third-order valence-electron chi connectivity index (χ3n) is 1.57. The molecule has 1 heterocycles. The Hall–Kier alpha value is -0.790. The summed E-state index contributed by atoms with van der Waals surface area (Å²) in [5.41, 5.74) is 0. The predicted molar refractivity (Wildman–Crippen MR) is 58.2 cm³/mol. The molecular formula is C11H21NO. The minimum absolute atomic E-state index is 0.578. The Morgan fingerprint density at radius 2 is 2.23 bits per heavy atom. The molecule has 0 aliphatic carbocycles. The van der Waals surface area contributed by atoms with Crippen LogP contribution >= 0.6 is 0 Å². The maximum Gasteiger partial charge on any atom is 0.208 e. The zero-order chi connectivity index (χ0) is 10.1. The van der Waals surface area contributed by atoms with Crippen molar-refractivity contribution in [1.29, 1.82) is 0 Å². The van der Waals surface area contributed by atoms with Crippen LogP contribution in [0.25, 0.3) is 0 Å². The monoisotopic (exact) mass is 183 g/mol. The molecule has 0 saturated heterocycles. The van der Waals surface area contributed by atoms with Crippen LogP contribution in [0.3, 0.4) is 0 Å². The lowest BCUT2D eigenvalue weighted by atomic mass is 10.2. The molecule has 0 aromatic rings. The third kappa shape index (κ3) is 5.45. The normalized spacial score (nSPS) is 21.5. The van der Waals surface area contributed by atoms with Gasteiger partial charge in [-0.15, -0.1) is 0 Å². The average Bonchev–Trinajstić information content (AvgIpc) is 2.20. The highest BCUT2D eigenvalue weighted by molar-refractivity contribution is 5.87. The zero-order valence-electron chi connectivity index (χ0n) is 9.21. The van der Waals surface area contributed by atoms with Gasteiger partial charge >= 0.3 is 0 Å². The van der Waals surface area contributed by atoms with Crippen LogP contribution in [0.2, 0.25) is 0 Å². The molecule has 76 valence electrons. The summed E-state index contributed by atoms with van der Waals surface area (Å²) in [6.07, 6.45) is 5.05. The Kier molecular flexibility index (Phi) is 7.36. The van der Waals surface area contributed by atoms with Crippen molar-refractivity contribution in [1.82, 2.24) is 0 Å². The van der Waals surface area contributed by atoms with Gasteiger partial charge < -0.3 is 4.74 Å². The Balaban J connectivity index is 0.000000671. The molecule has 2 heteroatoms. The van der Waals surface area contributed by atoms with Crippen molar-refractivity contribution in [3.05, 3.63) is 12.2 Å². The van der Waals surface area contributed by atoms with Gasteiger partial charge in [-0.25, -0.2) is 0 Å². The highest BCUT2D eigenvalue weighted by Gasteiger charge is 2.08. The summed E-state index contributed by atoms with van der Waals surface area (Å²) in [5, 5.41) is 0. The van der Waals surface area contributed by atoms with Gasteiger partial charge in [0.15, 0.2) is 0 Å². The van der Waals surface area contributed by atoms with Crippen LogP contribution in [-0.2, 0) is 4.74 Å². The van der Waals surface area contributed by atoms with Crippen molar-refractivity contribution in [3.63, 3.8) is 0 Å². The molecule has 0 amide bonds. The predicted octanol–water partition coefficient (Wildman–Crippen LogP) is 3.04. The van der Waals surface area contributed by atoms with E-state index in [0.29, 0.717) is 5.92 Å². The Morgan fingerprint density at radius 3 is 2.69 bits per heavy atom. The quantitative estimate of drug-likeness (QED) is 0.644. The minimum Gasteiger partial charge on any atom is -0.478 e. The van der Waals surface area contributed by atoms with Crippen LogP contribution in [-0.4, -0.2) is 19.0 Å². The number of nitrogens with zero attached hydrogens (tertiary/aromatic N) is 1. The van der Waals surface area contributed by atoms with Crippen molar-refractivity contribution < 1.29 is 4.74 Å². The molecule has 0 fully saturated rings. The highest BCUT2D eigenvalue weighted by Crippen LogP contribution is 2.05. The molecule has 0 spiro atoms. The van der Waals surface area contributed by atoms with Gasteiger partial charge in [0.2, 0.25) is 5.90 Å². The first kappa shape index (κ1) is 12.2. The fraction of sp³-hybridized carbons (Fsp3) is 0.727. The van der Waals surface area contributed by atoms with E-state index >= 15 is 0 Å². The van der Waals surface area contributed by atoms with E-state index in [0.717, 1.165) is 25.5 Å². The van der Waals surface area contributed by atoms with Gasteiger partial charge in [0.25, 0.3) is 0 Å². The number of aliphatic imine (C=N–C) groups is 1. The van der Waals surface area contributed by atoms with Crippen LogP contribution in [0.4, 0.5) is 0 Å². The van der Waals surface area contributed by atoms with E-state index in [9.17, 15) is 0 Å². The SMILES string of the molecule is CC.CC/C=C/C1=NCC(C)CO1. The van der Waals surface area contributed by atoms with Crippen LogP contribution in [0.1, 0.15) is 34.1 Å². The number of allylic oxidation sites excluding steroid dienone is 1. The van der Waals surface area contributed by atoms with Gasteiger partial charge in [0.05, 0.1) is 6.61 Å². The van der Waals surface area contributed by atoms with Gasteiger partial charge in [-0.3, -0.25) is 4.99 Å². The average molecular weight is 183 g/mol. The summed E-state index contributed by atoms with van der Waals surface area (Å²) >= 11 is 0. The molecule has 0 saturated carbocycles. The second-order valence-corrected chi connectivity index (χ2v) is 2.91. The van der Waals surface area contributed by atoms with E-state index in [1.807, 2.05) is 19.9 Å². The Labute approximate surface area is 81.7 Å². The van der Waals surface area contributed by atoms with Crippen LogP contribution in [0.15, 0.2) is 17.1 Å². The number of hydrogen-bond donors (Lipinski definition) is 0. The van der Waals surface area contributed by atoms with E-state index in [1.54, 1.807) is 0 Å². The van der Waals surface area contributed by atoms with Gasteiger partial charge in [0, 0.05) is 12.5 Å². The van der Waals surface area contributed by atoms with Crippen LogP contribution in [0.5, 0.6) is 0 Å². The summed E-state index contributed by atoms with van der Waals surface area (Å²) in [4.78, 5) is 4.26. The lowest BCUT2D eigenvalue weighted by Crippen LogP contribution is -2.19. The van der Waals surface area contributed by atoms with E-state index in [-0.39, 0.29) is 0 Å². The molecule has 0 bridgehead atoms. The van der Waals surface area contributed by atoms with Gasteiger partial charge in [0.1, 0.15) is 0 Å². The van der Waals surface area contributed by atoms with Crippen molar-refractivity contribution in [2.45, 2.75) is 34.1 Å². The molecule has 1 rings (SSSR count). The first-order valence-corrected chi connectivity index (χ1v) is 5.16. The van der Waals surface area contributed by atoms with E-state index in [1.165, 1.54) is 0 Å². The van der Waals surface area contributed by atoms with Crippen LogP contribution < -0.4 is 0 Å². The Morgan fingerprint density at radius 1 is 1.54 bits per heavy atom. The molecule has 1 aliphatic heterocycles. The van der Waals surface area contributed by atoms with Crippen molar-refractivity contribution in [2.75, 3.05) is 13.2 Å². The molecule has 0 aromatic carbocycles. The number of ether oxygens (including phenoxy) is 1. The van der Waals surface area contributed by atoms with E-state index in [2.05, 4.69) is 24.9 Å². The summed E-state index contributed by atoms with van der Waals surface area (Å²) in [5.74, 6) is 1.37. The van der Waals surface area contributed by atoms with Crippen molar-refractivity contribution >= 4 is 5.90 Å². The second kappa shape index (κ2) is 7.84. The summed E-state index contributed by atoms with van der Waals surface area (Å²) < 4.78 is 5.36. The fourth-order valence-corrected chi connectivity index (χ4v) is 0.891. The lowest BCUT2D eigenvalue weighted by Gasteiger charge is -2.16. The lowest BCUT2D eigenvalue weighted by molar-refractivity contribution is 0.233. The molecule has 1 aliphatic rings. The third-order valence-corrected chi connectivity index (χ3v) is 1.57. The topological polar surface area (TPSA) is 21.6 Å². The molecule has 2 nitrogen and oxygen atoms in total. The largest absolute Gasteiger partial charge is 0.478 e. The van der Waals surface area contributed by atoms with Crippen LogP contribution in [0, 0.1) is 5.92 Å². The maximum absolute atomic E-state index is 5.36. The van der Waals surface area contributed by atoms with E-state index in [4.69, 9.17) is 4.74 Å². The first-order chi connectivity index (χ1) is 6.33.